The Morgan fingerprint density at radius 2 is 1.96 bits per heavy atom. The summed E-state index contributed by atoms with van der Waals surface area (Å²) in [4.78, 5) is 0. The van der Waals surface area contributed by atoms with Crippen LogP contribution in [0, 0.1) is 0 Å². The van der Waals surface area contributed by atoms with Gasteiger partial charge in [-0.05, 0) is 30.6 Å². The number of fused-ring (bicyclic) bond motifs is 1. The van der Waals surface area contributed by atoms with E-state index in [-0.39, 0.29) is 5.75 Å². The summed E-state index contributed by atoms with van der Waals surface area (Å²) in [5, 5.41) is 4.66. The number of benzene rings is 2. The molecule has 122 valence electrons. The highest BCUT2D eigenvalue weighted by Gasteiger charge is 2.15. The van der Waals surface area contributed by atoms with Crippen molar-refractivity contribution in [2.24, 2.45) is 0 Å². The van der Waals surface area contributed by atoms with Crippen molar-refractivity contribution in [2.75, 3.05) is 6.54 Å². The fourth-order valence-corrected chi connectivity index (χ4v) is 2.30. The van der Waals surface area contributed by atoms with Crippen LogP contribution >= 0.6 is 12.2 Å². The summed E-state index contributed by atoms with van der Waals surface area (Å²) in [5.41, 5.74) is 6.32. The summed E-state index contributed by atoms with van der Waals surface area (Å²) in [5.74, 6) is 0.0757. The van der Waals surface area contributed by atoms with Crippen LogP contribution in [0.1, 0.15) is 12.5 Å². The Bertz CT molecular complexity index is 722. The SMILES string of the molecule is C=C(NNC(=S)NCC)c1ccc2ccccc2c1OC(F)F. The maximum atomic E-state index is 12.8. The summed E-state index contributed by atoms with van der Waals surface area (Å²) in [6.07, 6.45) is 0. The number of halogens is 2. The zero-order valence-corrected chi connectivity index (χ0v) is 13.3. The van der Waals surface area contributed by atoms with Gasteiger partial charge in [0.2, 0.25) is 0 Å². The van der Waals surface area contributed by atoms with Crippen LogP contribution in [-0.4, -0.2) is 18.3 Å². The molecule has 7 heteroatoms. The molecule has 0 aromatic heterocycles. The fourth-order valence-electron chi connectivity index (χ4n) is 2.10. The standard InChI is InChI=1S/C16H17F2N3OS/c1-3-19-16(23)21-20-10(2)12-9-8-11-6-4-5-7-13(11)14(12)22-15(17)18/h4-9,15,20H,2-3H2,1H3,(H2,19,21,23). The maximum Gasteiger partial charge on any atom is 0.387 e. The smallest absolute Gasteiger partial charge is 0.387 e. The minimum absolute atomic E-state index is 0.0757. The first-order valence-electron chi connectivity index (χ1n) is 6.98. The van der Waals surface area contributed by atoms with Gasteiger partial charge in [0.1, 0.15) is 5.75 Å². The predicted octanol–water partition coefficient (Wildman–Crippen LogP) is 3.40. The van der Waals surface area contributed by atoms with E-state index in [1.165, 1.54) is 0 Å². The van der Waals surface area contributed by atoms with Gasteiger partial charge in [-0.1, -0.05) is 36.9 Å². The molecule has 2 aromatic carbocycles. The molecule has 0 unspecified atom stereocenters. The van der Waals surface area contributed by atoms with E-state index in [0.717, 1.165) is 5.39 Å². The molecule has 0 atom stereocenters. The summed E-state index contributed by atoms with van der Waals surface area (Å²) >= 11 is 5.02. The molecule has 0 bridgehead atoms. The molecule has 4 nitrogen and oxygen atoms in total. The number of thiocarbonyl (C=S) groups is 1. The van der Waals surface area contributed by atoms with Gasteiger partial charge >= 0.3 is 6.61 Å². The van der Waals surface area contributed by atoms with Gasteiger partial charge in [0.05, 0.1) is 5.70 Å². The molecule has 0 saturated carbocycles. The van der Waals surface area contributed by atoms with Crippen molar-refractivity contribution in [3.05, 3.63) is 48.5 Å². The molecular weight excluding hydrogens is 320 g/mol. The van der Waals surface area contributed by atoms with Crippen molar-refractivity contribution in [3.8, 4) is 5.75 Å². The molecule has 23 heavy (non-hydrogen) atoms. The molecule has 0 heterocycles. The molecule has 0 aliphatic rings. The molecule has 0 fully saturated rings. The van der Waals surface area contributed by atoms with Gasteiger partial charge in [0.25, 0.3) is 0 Å². The zero-order chi connectivity index (χ0) is 16.8. The lowest BCUT2D eigenvalue weighted by Crippen LogP contribution is -2.42. The largest absolute Gasteiger partial charge is 0.433 e. The molecule has 0 radical (unpaired) electrons. The second-order valence-electron chi connectivity index (χ2n) is 4.63. The first kappa shape index (κ1) is 17.0. The van der Waals surface area contributed by atoms with Gasteiger partial charge in [-0.2, -0.15) is 8.78 Å². The summed E-state index contributed by atoms with van der Waals surface area (Å²) in [6.45, 7) is 3.48. The fraction of sp³-hybridized carbons (Fsp3) is 0.188. The highest BCUT2D eigenvalue weighted by molar-refractivity contribution is 7.80. The van der Waals surface area contributed by atoms with E-state index < -0.39 is 6.61 Å². The third kappa shape index (κ3) is 4.29. The van der Waals surface area contributed by atoms with Gasteiger partial charge in [0, 0.05) is 17.5 Å². The first-order valence-corrected chi connectivity index (χ1v) is 7.39. The Balaban J connectivity index is 2.31. The van der Waals surface area contributed by atoms with Crippen molar-refractivity contribution in [1.29, 1.82) is 0 Å². The van der Waals surface area contributed by atoms with Crippen LogP contribution in [0.15, 0.2) is 43.0 Å². The van der Waals surface area contributed by atoms with Crippen LogP contribution in [0.2, 0.25) is 0 Å². The van der Waals surface area contributed by atoms with Crippen molar-refractivity contribution in [3.63, 3.8) is 0 Å². The van der Waals surface area contributed by atoms with Crippen LogP contribution in [0.25, 0.3) is 16.5 Å². The van der Waals surface area contributed by atoms with Crippen LogP contribution in [-0.2, 0) is 0 Å². The minimum atomic E-state index is -2.93. The average Bonchev–Trinajstić information content (AvgIpc) is 2.53. The van der Waals surface area contributed by atoms with Gasteiger partial charge < -0.3 is 10.1 Å². The second-order valence-corrected chi connectivity index (χ2v) is 5.04. The quantitative estimate of drug-likeness (QED) is 0.557. The predicted molar refractivity (Wildman–Crippen MR) is 92.2 cm³/mol. The Morgan fingerprint density at radius 3 is 2.65 bits per heavy atom. The highest BCUT2D eigenvalue weighted by Crippen LogP contribution is 2.33. The zero-order valence-electron chi connectivity index (χ0n) is 12.5. The number of hydrazine groups is 1. The molecule has 0 spiro atoms. The minimum Gasteiger partial charge on any atom is -0.433 e. The number of hydrogen-bond acceptors (Lipinski definition) is 3. The lowest BCUT2D eigenvalue weighted by Gasteiger charge is -2.18. The Kier molecular flexibility index (Phi) is 5.70. The molecule has 0 amide bonds. The van der Waals surface area contributed by atoms with Gasteiger partial charge in [-0.25, -0.2) is 0 Å². The monoisotopic (exact) mass is 337 g/mol. The summed E-state index contributed by atoms with van der Waals surface area (Å²) < 4.78 is 30.3. The number of hydrogen-bond donors (Lipinski definition) is 3. The number of ether oxygens (including phenoxy) is 1. The van der Waals surface area contributed by atoms with Crippen LogP contribution in [0.5, 0.6) is 5.75 Å². The molecule has 0 aliphatic heterocycles. The highest BCUT2D eigenvalue weighted by atomic mass is 32.1. The van der Waals surface area contributed by atoms with E-state index in [2.05, 4.69) is 22.7 Å². The van der Waals surface area contributed by atoms with E-state index in [0.29, 0.717) is 28.3 Å². The number of nitrogens with one attached hydrogen (secondary N) is 3. The third-order valence-electron chi connectivity index (χ3n) is 3.08. The van der Waals surface area contributed by atoms with E-state index >= 15 is 0 Å². The van der Waals surface area contributed by atoms with Crippen molar-refractivity contribution in [2.45, 2.75) is 13.5 Å². The van der Waals surface area contributed by atoms with Gasteiger partial charge in [-0.15, -0.1) is 0 Å². The van der Waals surface area contributed by atoms with E-state index in [9.17, 15) is 8.78 Å². The Labute approximate surface area is 138 Å². The van der Waals surface area contributed by atoms with E-state index in [1.807, 2.05) is 25.1 Å². The molecule has 2 aromatic rings. The summed E-state index contributed by atoms with van der Waals surface area (Å²) in [6, 6.07) is 10.6. The van der Waals surface area contributed by atoms with Crippen molar-refractivity contribution in [1.82, 2.24) is 16.2 Å². The molecule has 3 N–H and O–H groups in total. The first-order chi connectivity index (χ1) is 11.0. The van der Waals surface area contributed by atoms with E-state index in [1.54, 1.807) is 18.2 Å². The molecule has 0 saturated heterocycles. The lowest BCUT2D eigenvalue weighted by molar-refractivity contribution is -0.0489. The third-order valence-corrected chi connectivity index (χ3v) is 3.32. The molecule has 0 aliphatic carbocycles. The van der Waals surface area contributed by atoms with Crippen molar-refractivity contribution < 1.29 is 13.5 Å². The van der Waals surface area contributed by atoms with Gasteiger partial charge in [0.15, 0.2) is 5.11 Å². The number of alkyl halides is 2. The lowest BCUT2D eigenvalue weighted by atomic mass is 10.0. The molecular formula is C16H17F2N3OS. The topological polar surface area (TPSA) is 45.3 Å². The van der Waals surface area contributed by atoms with Crippen molar-refractivity contribution >= 4 is 33.8 Å². The van der Waals surface area contributed by atoms with Crippen LogP contribution in [0.4, 0.5) is 8.78 Å². The van der Waals surface area contributed by atoms with Gasteiger partial charge in [-0.3, -0.25) is 10.9 Å². The van der Waals surface area contributed by atoms with Crippen LogP contribution < -0.4 is 20.9 Å². The van der Waals surface area contributed by atoms with Crippen LogP contribution in [0.3, 0.4) is 0 Å². The number of rotatable bonds is 6. The Hall–Kier alpha value is -2.41. The average molecular weight is 337 g/mol. The van der Waals surface area contributed by atoms with E-state index in [4.69, 9.17) is 17.0 Å². The normalized spacial score (nSPS) is 10.4. The molecule has 2 rings (SSSR count). The maximum absolute atomic E-state index is 12.8. The second kappa shape index (κ2) is 7.73. The Morgan fingerprint density at radius 1 is 1.22 bits per heavy atom. The summed E-state index contributed by atoms with van der Waals surface area (Å²) in [7, 11) is 0.